The zero-order valence-corrected chi connectivity index (χ0v) is 18.5. The van der Waals surface area contributed by atoms with Crippen molar-refractivity contribution in [3.8, 4) is 11.8 Å². The average molecular weight is 418 g/mol. The lowest BCUT2D eigenvalue weighted by molar-refractivity contribution is -0.140. The van der Waals surface area contributed by atoms with Gasteiger partial charge in [0.1, 0.15) is 0 Å². The van der Waals surface area contributed by atoms with Crippen molar-refractivity contribution >= 4 is 5.97 Å². The minimum Gasteiger partial charge on any atom is -0.469 e. The highest BCUT2D eigenvalue weighted by atomic mass is 16.5. The molecular weight excluding hydrogens is 382 g/mol. The highest BCUT2D eigenvalue weighted by Crippen LogP contribution is 2.39. The van der Waals surface area contributed by atoms with Gasteiger partial charge in [-0.15, -0.1) is 11.8 Å². The molecule has 7 nitrogen and oxygen atoms in total. The third kappa shape index (κ3) is 8.23. The van der Waals surface area contributed by atoms with E-state index in [-0.39, 0.29) is 23.8 Å². The van der Waals surface area contributed by atoms with Crippen LogP contribution in [0.3, 0.4) is 0 Å². The maximum atomic E-state index is 11.1. The van der Waals surface area contributed by atoms with Crippen molar-refractivity contribution in [2.24, 2.45) is 22.4 Å². The van der Waals surface area contributed by atoms with Crippen LogP contribution >= 0.6 is 0 Å². The zero-order chi connectivity index (χ0) is 22.6. The van der Waals surface area contributed by atoms with Gasteiger partial charge in [-0.3, -0.25) is 4.79 Å². The van der Waals surface area contributed by atoms with Crippen LogP contribution in [0.5, 0.6) is 0 Å². The van der Waals surface area contributed by atoms with Crippen LogP contribution in [-0.4, -0.2) is 41.5 Å². The third-order valence-corrected chi connectivity index (χ3v) is 5.71. The molecule has 166 valence electrons. The number of methoxy groups -OCH3 is 1. The van der Waals surface area contributed by atoms with Crippen LogP contribution in [-0.2, 0) is 9.53 Å². The summed E-state index contributed by atoms with van der Waals surface area (Å²) < 4.78 is 4.62. The van der Waals surface area contributed by atoms with Gasteiger partial charge in [-0.2, -0.15) is 0 Å². The number of unbranched alkanes of at least 4 members (excludes halogenated alkanes) is 1. The molecule has 1 saturated carbocycles. The molecule has 0 spiro atoms. The second-order valence-electron chi connectivity index (χ2n) is 8.41. The molecule has 1 aliphatic carbocycles. The summed E-state index contributed by atoms with van der Waals surface area (Å²) in [4.78, 5) is 14.1. The minimum absolute atomic E-state index is 0.0465. The van der Waals surface area contributed by atoms with Crippen LogP contribution in [0.25, 0.3) is 10.4 Å². The summed E-state index contributed by atoms with van der Waals surface area (Å²) >= 11 is 0. The molecule has 0 unspecified atom stereocenters. The van der Waals surface area contributed by atoms with Crippen molar-refractivity contribution in [3.63, 3.8) is 0 Å². The summed E-state index contributed by atoms with van der Waals surface area (Å²) in [5.74, 6) is 5.39. The summed E-state index contributed by atoms with van der Waals surface area (Å²) in [7, 11) is 1.38. The number of hydrogen-bond donors (Lipinski definition) is 2. The van der Waals surface area contributed by atoms with E-state index in [1.807, 2.05) is 32.1 Å². The van der Waals surface area contributed by atoms with Gasteiger partial charge in [-0.05, 0) is 44.1 Å². The van der Waals surface area contributed by atoms with Gasteiger partial charge in [-0.25, -0.2) is 0 Å². The lowest BCUT2D eigenvalue weighted by Gasteiger charge is -2.27. The molecule has 30 heavy (non-hydrogen) atoms. The topological polar surface area (TPSA) is 116 Å². The summed E-state index contributed by atoms with van der Waals surface area (Å²) in [6, 6.07) is -0.296. The first-order valence-corrected chi connectivity index (χ1v) is 10.5. The second-order valence-corrected chi connectivity index (χ2v) is 8.41. The van der Waals surface area contributed by atoms with Crippen molar-refractivity contribution in [1.82, 2.24) is 0 Å². The van der Waals surface area contributed by atoms with Crippen LogP contribution in [0.15, 0.2) is 29.4 Å². The highest BCUT2D eigenvalue weighted by molar-refractivity contribution is 5.69. The minimum atomic E-state index is -0.696. The number of hydrogen-bond acceptors (Lipinski definition) is 5. The molecule has 0 saturated heterocycles. The normalized spacial score (nSPS) is 25.0. The molecule has 7 heteroatoms. The van der Waals surface area contributed by atoms with E-state index in [0.29, 0.717) is 32.1 Å². The summed E-state index contributed by atoms with van der Waals surface area (Å²) in [5.41, 5.74) is 8.48. The van der Waals surface area contributed by atoms with Gasteiger partial charge in [0.25, 0.3) is 0 Å². The molecule has 2 N–H and O–H groups in total. The molecule has 0 heterocycles. The summed E-state index contributed by atoms with van der Waals surface area (Å²) in [6.07, 6.45) is 9.75. The van der Waals surface area contributed by atoms with Gasteiger partial charge in [0.15, 0.2) is 0 Å². The fourth-order valence-electron chi connectivity index (χ4n) is 3.66. The van der Waals surface area contributed by atoms with E-state index in [4.69, 9.17) is 5.53 Å². The second kappa shape index (κ2) is 13.1. The number of aliphatic hydroxyl groups excluding tert-OH is 2. The molecular formula is C23H35N3O4. The van der Waals surface area contributed by atoms with Crippen molar-refractivity contribution in [2.75, 3.05) is 7.11 Å². The number of carbonyl (C=O) groups excluding carboxylic acids is 1. The maximum absolute atomic E-state index is 11.1. The lowest BCUT2D eigenvalue weighted by Crippen LogP contribution is -2.28. The van der Waals surface area contributed by atoms with E-state index in [1.54, 1.807) is 13.0 Å². The fraction of sp³-hybridized carbons (Fsp3) is 0.696. The Bertz CT molecular complexity index is 714. The van der Waals surface area contributed by atoms with E-state index < -0.39 is 17.6 Å². The number of carbonyl (C=O) groups is 1. The van der Waals surface area contributed by atoms with E-state index in [0.717, 1.165) is 6.42 Å². The summed E-state index contributed by atoms with van der Waals surface area (Å²) in [6.45, 7) is 5.68. The SMILES string of the molecule is CC#CCC(C)(C)[C@H](O)/C=C/[C@@H]1[C@@H](C/C=C\CCCC(=O)OC)[C@@H](N=[N+]=[N-])C[C@H]1O. The summed E-state index contributed by atoms with van der Waals surface area (Å²) in [5, 5.41) is 25.0. The zero-order valence-electron chi connectivity index (χ0n) is 18.5. The molecule has 0 aromatic rings. The Morgan fingerprint density at radius 2 is 2.17 bits per heavy atom. The van der Waals surface area contributed by atoms with Gasteiger partial charge in [0.2, 0.25) is 0 Å². The van der Waals surface area contributed by atoms with Gasteiger partial charge in [0, 0.05) is 35.1 Å². The van der Waals surface area contributed by atoms with Crippen LogP contribution in [0.1, 0.15) is 59.3 Å². The first-order valence-electron chi connectivity index (χ1n) is 10.5. The van der Waals surface area contributed by atoms with Crippen molar-refractivity contribution in [2.45, 2.75) is 77.5 Å². The molecule has 1 rings (SSSR count). The van der Waals surface area contributed by atoms with Crippen LogP contribution in [0.2, 0.25) is 0 Å². The van der Waals surface area contributed by atoms with Gasteiger partial charge in [-0.1, -0.05) is 43.3 Å². The van der Waals surface area contributed by atoms with E-state index in [9.17, 15) is 15.0 Å². The van der Waals surface area contributed by atoms with Crippen molar-refractivity contribution in [1.29, 1.82) is 0 Å². The first-order chi connectivity index (χ1) is 14.3. The quantitative estimate of drug-likeness (QED) is 0.0991. The van der Waals surface area contributed by atoms with Crippen LogP contribution in [0, 0.1) is 29.1 Å². The number of nitrogens with zero attached hydrogens (tertiary/aromatic N) is 3. The van der Waals surface area contributed by atoms with E-state index >= 15 is 0 Å². The monoisotopic (exact) mass is 417 g/mol. The maximum Gasteiger partial charge on any atom is 0.305 e. The molecule has 0 aromatic carbocycles. The number of esters is 1. The predicted octanol–water partition coefficient (Wildman–Crippen LogP) is 4.31. The molecule has 0 aromatic heterocycles. The molecule has 1 aliphatic rings. The van der Waals surface area contributed by atoms with Gasteiger partial charge in [0.05, 0.1) is 19.3 Å². The number of allylic oxidation sites excluding steroid dienone is 2. The smallest absolute Gasteiger partial charge is 0.305 e. The largest absolute Gasteiger partial charge is 0.469 e. The molecule has 0 aliphatic heterocycles. The molecule has 0 radical (unpaired) electrons. The highest BCUT2D eigenvalue weighted by Gasteiger charge is 2.40. The van der Waals surface area contributed by atoms with Crippen LogP contribution < -0.4 is 0 Å². The number of ether oxygens (including phenoxy) is 1. The van der Waals surface area contributed by atoms with Gasteiger partial charge >= 0.3 is 5.97 Å². The van der Waals surface area contributed by atoms with Gasteiger partial charge < -0.3 is 14.9 Å². The van der Waals surface area contributed by atoms with E-state index in [1.165, 1.54) is 7.11 Å². The number of azide groups is 1. The fourth-order valence-corrected chi connectivity index (χ4v) is 3.66. The Morgan fingerprint density at radius 3 is 2.80 bits per heavy atom. The van der Waals surface area contributed by atoms with Crippen molar-refractivity contribution in [3.05, 3.63) is 34.7 Å². The van der Waals surface area contributed by atoms with Crippen molar-refractivity contribution < 1.29 is 19.7 Å². The Morgan fingerprint density at radius 1 is 1.43 bits per heavy atom. The molecule has 0 amide bonds. The Balaban J connectivity index is 2.79. The number of aliphatic hydroxyl groups is 2. The Labute approximate surface area is 179 Å². The standard InChI is InChI=1S/C23H35N3O4/c1-5-6-15-23(2,3)21(28)14-13-18-17(19(25-26-24)16-20(18)27)11-9-7-8-10-12-22(29)30-4/h7,9,13-14,17-21,27-28H,8,10-12,15-16H2,1-4H3/b9-7-,14-13+/t17-,18-,19+,20-,21-/m1/s1. The lowest BCUT2D eigenvalue weighted by atomic mass is 9.81. The Hall–Kier alpha value is -2.26. The Kier molecular flexibility index (Phi) is 11.3. The third-order valence-electron chi connectivity index (χ3n) is 5.71. The molecule has 5 atom stereocenters. The van der Waals surface area contributed by atoms with Crippen LogP contribution in [0.4, 0.5) is 0 Å². The molecule has 1 fully saturated rings. The number of rotatable bonds is 11. The van der Waals surface area contributed by atoms with E-state index in [2.05, 4.69) is 26.6 Å². The predicted molar refractivity (Wildman–Crippen MR) is 117 cm³/mol. The first kappa shape index (κ1) is 25.8. The molecule has 0 bridgehead atoms. The average Bonchev–Trinajstić information content (AvgIpc) is 3.01.